The molecule has 94 valence electrons. The lowest BCUT2D eigenvalue weighted by molar-refractivity contribution is 0.111. The van der Waals surface area contributed by atoms with Gasteiger partial charge in [0, 0.05) is 29.7 Å². The van der Waals surface area contributed by atoms with Crippen LogP contribution in [0.1, 0.15) is 17.8 Å². The van der Waals surface area contributed by atoms with E-state index < -0.39 is 0 Å². The second-order valence-corrected chi connectivity index (χ2v) is 5.53. The summed E-state index contributed by atoms with van der Waals surface area (Å²) in [5, 5.41) is 3.25. The van der Waals surface area contributed by atoms with Crippen molar-refractivity contribution in [3.63, 3.8) is 0 Å². The molecule has 1 saturated heterocycles. The maximum absolute atomic E-state index is 5.79. The second kappa shape index (κ2) is 5.08. The van der Waals surface area contributed by atoms with E-state index >= 15 is 0 Å². The molecule has 0 radical (unpaired) electrons. The molecule has 0 spiro atoms. The van der Waals surface area contributed by atoms with E-state index in [9.17, 15) is 0 Å². The molecule has 18 heavy (non-hydrogen) atoms. The summed E-state index contributed by atoms with van der Waals surface area (Å²) >= 11 is 1.71. The summed E-state index contributed by atoms with van der Waals surface area (Å²) in [7, 11) is 0. The molecule has 1 unspecified atom stereocenters. The summed E-state index contributed by atoms with van der Waals surface area (Å²) in [4.78, 5) is 4.67. The molecule has 1 aliphatic heterocycles. The fourth-order valence-electron chi connectivity index (χ4n) is 2.24. The lowest BCUT2D eigenvalue weighted by Crippen LogP contribution is -2.08. The van der Waals surface area contributed by atoms with E-state index in [1.807, 2.05) is 24.3 Å². The fourth-order valence-corrected chi connectivity index (χ4v) is 3.10. The van der Waals surface area contributed by atoms with Gasteiger partial charge in [0.1, 0.15) is 0 Å². The van der Waals surface area contributed by atoms with Gasteiger partial charge in [0.15, 0.2) is 0 Å². The maximum Gasteiger partial charge on any atom is 0.0958 e. The maximum atomic E-state index is 5.79. The minimum Gasteiger partial charge on any atom is -0.399 e. The van der Waals surface area contributed by atoms with Crippen LogP contribution in [0.3, 0.4) is 0 Å². The molecule has 1 aromatic carbocycles. The van der Waals surface area contributed by atoms with Gasteiger partial charge in [-0.05, 0) is 25.0 Å². The first-order valence-corrected chi connectivity index (χ1v) is 7.11. The van der Waals surface area contributed by atoms with Crippen LogP contribution in [0.2, 0.25) is 0 Å². The zero-order chi connectivity index (χ0) is 12.4. The number of hydrogen-bond acceptors (Lipinski definition) is 4. The van der Waals surface area contributed by atoms with Crippen molar-refractivity contribution in [1.82, 2.24) is 4.98 Å². The summed E-state index contributed by atoms with van der Waals surface area (Å²) in [6, 6.07) is 7.86. The molecule has 4 heteroatoms. The molecular formula is C14H16N2OS. The molecule has 2 aromatic rings. The van der Waals surface area contributed by atoms with Crippen molar-refractivity contribution in [3.8, 4) is 11.3 Å². The third-order valence-corrected chi connectivity index (χ3v) is 4.03. The predicted octanol–water partition coefficient (Wildman–Crippen LogP) is 3.11. The van der Waals surface area contributed by atoms with E-state index in [1.54, 1.807) is 11.3 Å². The number of nitrogens with two attached hydrogens (primary N) is 1. The first kappa shape index (κ1) is 11.7. The van der Waals surface area contributed by atoms with Gasteiger partial charge in [-0.2, -0.15) is 0 Å². The Bertz CT molecular complexity index is 532. The fraction of sp³-hybridized carbons (Fsp3) is 0.357. The smallest absolute Gasteiger partial charge is 0.0958 e. The second-order valence-electron chi connectivity index (χ2n) is 4.59. The average molecular weight is 260 g/mol. The molecule has 0 saturated carbocycles. The molecule has 2 heterocycles. The number of aromatic nitrogens is 1. The van der Waals surface area contributed by atoms with E-state index in [2.05, 4.69) is 10.4 Å². The van der Waals surface area contributed by atoms with Crippen molar-refractivity contribution in [2.45, 2.75) is 25.4 Å². The van der Waals surface area contributed by atoms with Gasteiger partial charge >= 0.3 is 0 Å². The van der Waals surface area contributed by atoms with Crippen molar-refractivity contribution in [2.24, 2.45) is 0 Å². The monoisotopic (exact) mass is 260 g/mol. The molecule has 1 aliphatic rings. The van der Waals surface area contributed by atoms with Gasteiger partial charge in [0.05, 0.1) is 16.8 Å². The standard InChI is InChI=1S/C14H16N2OS/c15-11-4-1-3-10(7-11)13-9-18-14(16-13)8-12-5-2-6-17-12/h1,3-4,7,9,12H,2,5-6,8,15H2. The average Bonchev–Trinajstić information content (AvgIpc) is 3.01. The summed E-state index contributed by atoms with van der Waals surface area (Å²) in [6.45, 7) is 0.901. The van der Waals surface area contributed by atoms with E-state index in [-0.39, 0.29) is 0 Å². The van der Waals surface area contributed by atoms with Gasteiger partial charge in [-0.25, -0.2) is 4.98 Å². The summed E-state index contributed by atoms with van der Waals surface area (Å²) in [5.74, 6) is 0. The van der Waals surface area contributed by atoms with Crippen LogP contribution in [0.4, 0.5) is 5.69 Å². The predicted molar refractivity (Wildman–Crippen MR) is 74.6 cm³/mol. The highest BCUT2D eigenvalue weighted by molar-refractivity contribution is 7.09. The minimum absolute atomic E-state index is 0.366. The lowest BCUT2D eigenvalue weighted by atomic mass is 10.1. The van der Waals surface area contributed by atoms with Crippen molar-refractivity contribution >= 4 is 17.0 Å². The third kappa shape index (κ3) is 2.54. The molecule has 3 nitrogen and oxygen atoms in total. The van der Waals surface area contributed by atoms with Crippen LogP contribution in [0, 0.1) is 0 Å². The number of nitrogens with zero attached hydrogens (tertiary/aromatic N) is 1. The van der Waals surface area contributed by atoms with E-state index in [0.29, 0.717) is 6.10 Å². The van der Waals surface area contributed by atoms with Gasteiger partial charge in [0.25, 0.3) is 0 Å². The van der Waals surface area contributed by atoms with E-state index in [1.165, 1.54) is 6.42 Å². The van der Waals surface area contributed by atoms with Crippen molar-refractivity contribution < 1.29 is 4.74 Å². The van der Waals surface area contributed by atoms with Crippen LogP contribution in [0.25, 0.3) is 11.3 Å². The molecule has 0 aliphatic carbocycles. The first-order chi connectivity index (χ1) is 8.81. The Kier molecular flexibility index (Phi) is 3.30. The Morgan fingerprint density at radius 2 is 2.39 bits per heavy atom. The Hall–Kier alpha value is -1.39. The normalized spacial score (nSPS) is 19.2. The van der Waals surface area contributed by atoms with Gasteiger partial charge < -0.3 is 10.5 Å². The number of ether oxygens (including phenoxy) is 1. The van der Waals surface area contributed by atoms with Crippen molar-refractivity contribution in [3.05, 3.63) is 34.7 Å². The number of rotatable bonds is 3. The van der Waals surface area contributed by atoms with Crippen molar-refractivity contribution in [2.75, 3.05) is 12.3 Å². The Balaban J connectivity index is 1.76. The molecule has 1 fully saturated rings. The van der Waals surface area contributed by atoms with Crippen LogP contribution < -0.4 is 5.73 Å². The largest absolute Gasteiger partial charge is 0.399 e. The van der Waals surface area contributed by atoms with Crippen molar-refractivity contribution in [1.29, 1.82) is 0 Å². The van der Waals surface area contributed by atoms with Crippen LogP contribution in [-0.4, -0.2) is 17.7 Å². The lowest BCUT2D eigenvalue weighted by Gasteiger charge is -2.05. The topological polar surface area (TPSA) is 48.1 Å². The molecule has 2 N–H and O–H groups in total. The van der Waals surface area contributed by atoms with E-state index in [0.717, 1.165) is 41.4 Å². The number of thiazole rings is 1. The molecule has 0 amide bonds. The molecule has 3 rings (SSSR count). The highest BCUT2D eigenvalue weighted by atomic mass is 32.1. The number of hydrogen-bond donors (Lipinski definition) is 1. The number of nitrogen functional groups attached to an aromatic ring is 1. The zero-order valence-electron chi connectivity index (χ0n) is 10.1. The Labute approximate surface area is 111 Å². The third-order valence-electron chi connectivity index (χ3n) is 3.16. The van der Waals surface area contributed by atoms with Crippen LogP contribution in [-0.2, 0) is 11.2 Å². The molecule has 1 aromatic heterocycles. The molecule has 1 atom stereocenters. The first-order valence-electron chi connectivity index (χ1n) is 6.23. The minimum atomic E-state index is 0.366. The Morgan fingerprint density at radius 1 is 1.44 bits per heavy atom. The van der Waals surface area contributed by atoms with Gasteiger partial charge in [-0.3, -0.25) is 0 Å². The number of benzene rings is 1. The van der Waals surface area contributed by atoms with Gasteiger partial charge in [-0.1, -0.05) is 12.1 Å². The summed E-state index contributed by atoms with van der Waals surface area (Å²) in [6.07, 6.45) is 3.64. The zero-order valence-corrected chi connectivity index (χ0v) is 11.0. The van der Waals surface area contributed by atoms with Gasteiger partial charge in [-0.15, -0.1) is 11.3 Å². The summed E-state index contributed by atoms with van der Waals surface area (Å²) in [5.41, 5.74) is 8.67. The van der Waals surface area contributed by atoms with Crippen LogP contribution in [0.5, 0.6) is 0 Å². The quantitative estimate of drug-likeness (QED) is 0.863. The molecule has 0 bridgehead atoms. The van der Waals surface area contributed by atoms with Crippen LogP contribution in [0.15, 0.2) is 29.6 Å². The molecular weight excluding hydrogens is 244 g/mol. The van der Waals surface area contributed by atoms with E-state index in [4.69, 9.17) is 10.5 Å². The Morgan fingerprint density at radius 3 is 3.17 bits per heavy atom. The van der Waals surface area contributed by atoms with Gasteiger partial charge in [0.2, 0.25) is 0 Å². The summed E-state index contributed by atoms with van der Waals surface area (Å²) < 4.78 is 5.64. The highest BCUT2D eigenvalue weighted by Gasteiger charge is 2.17. The number of anilines is 1. The SMILES string of the molecule is Nc1cccc(-c2csc(CC3CCCO3)n2)c1. The highest BCUT2D eigenvalue weighted by Crippen LogP contribution is 2.25. The van der Waals surface area contributed by atoms with Crippen LogP contribution >= 0.6 is 11.3 Å².